The molecule has 2 fully saturated rings. The van der Waals surface area contributed by atoms with Gasteiger partial charge in [0, 0.05) is 6.04 Å². The summed E-state index contributed by atoms with van der Waals surface area (Å²) in [5.41, 5.74) is 0. The predicted molar refractivity (Wildman–Crippen MR) is 42.9 cm³/mol. The van der Waals surface area contributed by atoms with Gasteiger partial charge >= 0.3 is 0 Å². The molecule has 0 aromatic rings. The Morgan fingerprint density at radius 2 is 1.70 bits per heavy atom. The highest BCUT2D eigenvalue weighted by atomic mass is 14.9. The Kier molecular flexibility index (Phi) is 1.69. The molecule has 0 bridgehead atoms. The molecule has 0 atom stereocenters. The molecule has 0 aliphatic heterocycles. The minimum atomic E-state index is 0.907. The Morgan fingerprint density at radius 3 is 2.00 bits per heavy atom. The molecule has 0 aromatic heterocycles. The predicted octanol–water partition coefficient (Wildman–Crippen LogP) is 1.78. The molecule has 58 valence electrons. The minimum Gasteiger partial charge on any atom is -0.314 e. The van der Waals surface area contributed by atoms with Crippen LogP contribution >= 0.6 is 0 Å². The molecule has 0 aromatic carbocycles. The van der Waals surface area contributed by atoms with E-state index < -0.39 is 0 Å². The molecule has 2 rings (SSSR count). The van der Waals surface area contributed by atoms with E-state index in [4.69, 9.17) is 0 Å². The van der Waals surface area contributed by atoms with Gasteiger partial charge in [-0.2, -0.15) is 0 Å². The second-order valence-electron chi connectivity index (χ2n) is 3.76. The van der Waals surface area contributed by atoms with E-state index in [9.17, 15) is 0 Å². The largest absolute Gasteiger partial charge is 0.314 e. The van der Waals surface area contributed by atoms with Gasteiger partial charge in [-0.05, 0) is 44.1 Å². The van der Waals surface area contributed by atoms with Gasteiger partial charge in [0.15, 0.2) is 0 Å². The van der Waals surface area contributed by atoms with Gasteiger partial charge < -0.3 is 5.32 Å². The van der Waals surface area contributed by atoms with Crippen LogP contribution in [0.15, 0.2) is 0 Å². The van der Waals surface area contributed by atoms with Crippen molar-refractivity contribution in [2.45, 2.75) is 38.6 Å². The summed E-state index contributed by atoms with van der Waals surface area (Å²) >= 11 is 0. The Balaban J connectivity index is 1.80. The van der Waals surface area contributed by atoms with Gasteiger partial charge in [-0.15, -0.1) is 0 Å². The van der Waals surface area contributed by atoms with Crippen LogP contribution in [0.25, 0.3) is 0 Å². The highest BCUT2D eigenvalue weighted by molar-refractivity contribution is 4.95. The Labute approximate surface area is 63.2 Å². The molecule has 1 N–H and O–H groups in total. The van der Waals surface area contributed by atoms with Crippen molar-refractivity contribution in [1.82, 2.24) is 5.32 Å². The van der Waals surface area contributed by atoms with Gasteiger partial charge in [-0.3, -0.25) is 0 Å². The summed E-state index contributed by atoms with van der Waals surface area (Å²) in [6.07, 6.45) is 5.98. The fraction of sp³-hybridized carbons (Fsp3) is 1.00. The molecule has 0 unspecified atom stereocenters. The summed E-state index contributed by atoms with van der Waals surface area (Å²) in [6.45, 7) is 3.38. The van der Waals surface area contributed by atoms with Crippen LogP contribution in [-0.2, 0) is 0 Å². The molecule has 0 spiro atoms. The lowest BCUT2D eigenvalue weighted by Gasteiger charge is -2.15. The van der Waals surface area contributed by atoms with E-state index in [0.29, 0.717) is 0 Å². The molecule has 1 heteroatoms. The van der Waals surface area contributed by atoms with Crippen LogP contribution in [0, 0.1) is 11.8 Å². The number of hydrogen-bond donors (Lipinski definition) is 1. The summed E-state index contributed by atoms with van der Waals surface area (Å²) in [4.78, 5) is 0. The normalized spacial score (nSPS) is 25.8. The molecule has 0 saturated heterocycles. The number of rotatable bonds is 4. The maximum Gasteiger partial charge on any atom is 0.0123 e. The molecule has 0 radical (unpaired) electrons. The highest BCUT2D eigenvalue weighted by Gasteiger charge is 2.40. The molecule has 2 aliphatic carbocycles. The average Bonchev–Trinajstić information content (AvgIpc) is 2.77. The summed E-state index contributed by atoms with van der Waals surface area (Å²) < 4.78 is 0. The van der Waals surface area contributed by atoms with Gasteiger partial charge in [-0.25, -0.2) is 0 Å². The quantitative estimate of drug-likeness (QED) is 0.626. The van der Waals surface area contributed by atoms with Crippen molar-refractivity contribution in [3.8, 4) is 0 Å². The maximum absolute atomic E-state index is 3.61. The van der Waals surface area contributed by atoms with Gasteiger partial charge in [0.1, 0.15) is 0 Å². The van der Waals surface area contributed by atoms with Crippen LogP contribution in [0.3, 0.4) is 0 Å². The number of nitrogens with one attached hydrogen (secondary N) is 1. The first-order valence-corrected chi connectivity index (χ1v) is 4.65. The lowest BCUT2D eigenvalue weighted by Crippen LogP contribution is -2.32. The Morgan fingerprint density at radius 1 is 1.20 bits per heavy atom. The molecule has 2 aliphatic rings. The summed E-state index contributed by atoms with van der Waals surface area (Å²) in [5.74, 6) is 2.12. The monoisotopic (exact) mass is 139 g/mol. The lowest BCUT2D eigenvalue weighted by atomic mass is 10.1. The minimum absolute atomic E-state index is 0.907. The zero-order chi connectivity index (χ0) is 6.97. The molecule has 0 heterocycles. The molecular formula is C9H17N. The molecule has 2 saturated carbocycles. The van der Waals surface area contributed by atoms with Crippen molar-refractivity contribution in [1.29, 1.82) is 0 Å². The van der Waals surface area contributed by atoms with E-state index in [-0.39, 0.29) is 0 Å². The zero-order valence-corrected chi connectivity index (χ0v) is 6.77. The fourth-order valence-corrected chi connectivity index (χ4v) is 1.86. The van der Waals surface area contributed by atoms with Crippen molar-refractivity contribution < 1.29 is 0 Å². The molecule has 10 heavy (non-hydrogen) atoms. The second-order valence-corrected chi connectivity index (χ2v) is 3.76. The smallest absolute Gasteiger partial charge is 0.0123 e. The zero-order valence-electron chi connectivity index (χ0n) is 6.77. The summed E-state index contributed by atoms with van der Waals surface area (Å²) in [7, 11) is 0. The van der Waals surface area contributed by atoms with Gasteiger partial charge in [0.05, 0.1) is 0 Å². The van der Waals surface area contributed by atoms with Gasteiger partial charge in [0.2, 0.25) is 0 Å². The molecular weight excluding hydrogens is 122 g/mol. The van der Waals surface area contributed by atoms with Crippen molar-refractivity contribution in [3.05, 3.63) is 0 Å². The lowest BCUT2D eigenvalue weighted by molar-refractivity contribution is 0.428. The van der Waals surface area contributed by atoms with Crippen LogP contribution < -0.4 is 5.32 Å². The summed E-state index contributed by atoms with van der Waals surface area (Å²) in [5, 5.41) is 3.61. The van der Waals surface area contributed by atoms with Crippen molar-refractivity contribution >= 4 is 0 Å². The second kappa shape index (κ2) is 2.54. The van der Waals surface area contributed by atoms with Crippen LogP contribution in [0.1, 0.15) is 32.6 Å². The Hall–Kier alpha value is -0.0400. The van der Waals surface area contributed by atoms with Crippen LogP contribution in [-0.4, -0.2) is 12.6 Å². The first-order valence-electron chi connectivity index (χ1n) is 4.65. The van der Waals surface area contributed by atoms with Crippen LogP contribution in [0.2, 0.25) is 0 Å². The van der Waals surface area contributed by atoms with Crippen molar-refractivity contribution in [2.75, 3.05) is 6.54 Å². The third-order valence-electron chi connectivity index (χ3n) is 2.70. The van der Waals surface area contributed by atoms with Gasteiger partial charge in [0.25, 0.3) is 0 Å². The van der Waals surface area contributed by atoms with Crippen molar-refractivity contribution in [2.24, 2.45) is 11.8 Å². The third kappa shape index (κ3) is 1.34. The van der Waals surface area contributed by atoms with E-state index in [2.05, 4.69) is 12.2 Å². The fourth-order valence-electron chi connectivity index (χ4n) is 1.86. The van der Waals surface area contributed by atoms with Crippen LogP contribution in [0.5, 0.6) is 0 Å². The van der Waals surface area contributed by atoms with E-state index in [0.717, 1.165) is 24.4 Å². The van der Waals surface area contributed by atoms with E-state index in [1.165, 1.54) is 25.7 Å². The first-order chi connectivity index (χ1) is 4.92. The van der Waals surface area contributed by atoms with E-state index in [1.54, 1.807) is 0 Å². The average molecular weight is 139 g/mol. The van der Waals surface area contributed by atoms with E-state index >= 15 is 0 Å². The standard InChI is InChI=1S/C9H17N/c1-2-10-9(7-3-4-7)8-5-6-8/h7-10H,2-6H2,1H3. The highest BCUT2D eigenvalue weighted by Crippen LogP contribution is 2.44. The SMILES string of the molecule is CCNC(C1CC1)C1CC1. The summed E-state index contributed by atoms with van der Waals surface area (Å²) in [6, 6.07) is 0.907. The van der Waals surface area contributed by atoms with Gasteiger partial charge in [-0.1, -0.05) is 6.92 Å². The Bertz CT molecular complexity index is 102. The maximum atomic E-state index is 3.61. The molecule has 0 amide bonds. The van der Waals surface area contributed by atoms with E-state index in [1.807, 2.05) is 0 Å². The number of hydrogen-bond acceptors (Lipinski definition) is 1. The van der Waals surface area contributed by atoms with Crippen molar-refractivity contribution in [3.63, 3.8) is 0 Å². The van der Waals surface area contributed by atoms with Crippen LogP contribution in [0.4, 0.5) is 0 Å². The first kappa shape index (κ1) is 6.66. The topological polar surface area (TPSA) is 12.0 Å². The third-order valence-corrected chi connectivity index (χ3v) is 2.70. The molecule has 1 nitrogen and oxygen atoms in total.